The Morgan fingerprint density at radius 3 is 2.88 bits per heavy atom. The van der Waals surface area contributed by atoms with Crippen molar-refractivity contribution in [1.29, 1.82) is 0 Å². The molecule has 0 unspecified atom stereocenters. The van der Waals surface area contributed by atoms with E-state index in [0.717, 1.165) is 12.1 Å². The third-order valence-corrected chi connectivity index (χ3v) is 2.88. The average Bonchev–Trinajstić information content (AvgIpc) is 2.27. The molecule has 0 saturated heterocycles. The van der Waals surface area contributed by atoms with Gasteiger partial charge < -0.3 is 5.32 Å². The molecule has 0 bridgehead atoms. The Labute approximate surface area is 102 Å². The molecule has 0 amide bonds. The largest absolute Gasteiger partial charge is 0.379 e. The standard InChI is InChI=1S/C14H18N2O/c1-10(16-17)8-13-12-7-5-4-6-11(12)9-14(2,3)15-13/h4-8,15-17H,1,9H2,2-3H3. The van der Waals surface area contributed by atoms with Crippen molar-refractivity contribution in [2.24, 2.45) is 0 Å². The minimum atomic E-state index is 0.00984. The highest BCUT2D eigenvalue weighted by atomic mass is 16.5. The van der Waals surface area contributed by atoms with Crippen molar-refractivity contribution in [1.82, 2.24) is 10.8 Å². The van der Waals surface area contributed by atoms with Gasteiger partial charge in [-0.05, 0) is 31.9 Å². The SMILES string of the molecule is C=C(C=C1NC(C)(C)Cc2ccccc21)NO. The lowest BCUT2D eigenvalue weighted by molar-refractivity contribution is 0.205. The summed E-state index contributed by atoms with van der Waals surface area (Å²) < 4.78 is 0. The van der Waals surface area contributed by atoms with Crippen LogP contribution in [0.25, 0.3) is 5.70 Å². The fourth-order valence-electron chi connectivity index (χ4n) is 2.21. The molecule has 1 aromatic rings. The normalized spacial score (nSPS) is 19.4. The molecule has 90 valence electrons. The fourth-order valence-corrected chi connectivity index (χ4v) is 2.21. The van der Waals surface area contributed by atoms with E-state index in [2.05, 4.69) is 49.4 Å². The van der Waals surface area contributed by atoms with Crippen molar-refractivity contribution in [3.63, 3.8) is 0 Å². The maximum atomic E-state index is 8.82. The number of allylic oxidation sites excluding steroid dienone is 1. The van der Waals surface area contributed by atoms with Gasteiger partial charge in [0.2, 0.25) is 0 Å². The number of benzene rings is 1. The summed E-state index contributed by atoms with van der Waals surface area (Å²) >= 11 is 0. The molecule has 2 rings (SSSR count). The van der Waals surface area contributed by atoms with Gasteiger partial charge in [0.05, 0.1) is 5.70 Å². The van der Waals surface area contributed by atoms with Crippen LogP contribution in [-0.4, -0.2) is 10.7 Å². The van der Waals surface area contributed by atoms with Crippen LogP contribution in [0, 0.1) is 0 Å². The molecular formula is C14H18N2O. The number of hydrogen-bond donors (Lipinski definition) is 3. The first kappa shape index (κ1) is 11.7. The van der Waals surface area contributed by atoms with Crippen LogP contribution in [-0.2, 0) is 6.42 Å². The van der Waals surface area contributed by atoms with E-state index >= 15 is 0 Å². The summed E-state index contributed by atoms with van der Waals surface area (Å²) in [5.74, 6) is 0. The summed E-state index contributed by atoms with van der Waals surface area (Å²) in [6, 6.07) is 8.29. The topological polar surface area (TPSA) is 44.3 Å². The Morgan fingerprint density at radius 1 is 1.47 bits per heavy atom. The van der Waals surface area contributed by atoms with Crippen molar-refractivity contribution in [2.45, 2.75) is 25.8 Å². The summed E-state index contributed by atoms with van der Waals surface area (Å²) in [4.78, 5) is 0. The Hall–Kier alpha value is -1.74. The monoisotopic (exact) mass is 230 g/mol. The number of nitrogens with one attached hydrogen (secondary N) is 2. The lowest BCUT2D eigenvalue weighted by Crippen LogP contribution is -2.43. The molecule has 3 nitrogen and oxygen atoms in total. The Bertz CT molecular complexity index is 475. The zero-order valence-electron chi connectivity index (χ0n) is 10.2. The first-order valence-corrected chi connectivity index (χ1v) is 5.69. The van der Waals surface area contributed by atoms with Crippen molar-refractivity contribution in [2.75, 3.05) is 0 Å². The molecular weight excluding hydrogens is 212 g/mol. The molecule has 1 heterocycles. The molecule has 0 aliphatic carbocycles. The zero-order chi connectivity index (χ0) is 12.5. The highest BCUT2D eigenvalue weighted by Crippen LogP contribution is 2.29. The summed E-state index contributed by atoms with van der Waals surface area (Å²) in [6.45, 7) is 8.03. The van der Waals surface area contributed by atoms with Crippen molar-refractivity contribution >= 4 is 5.70 Å². The van der Waals surface area contributed by atoms with Crippen molar-refractivity contribution in [3.8, 4) is 0 Å². The van der Waals surface area contributed by atoms with Gasteiger partial charge in [-0.2, -0.15) is 0 Å². The molecule has 1 aliphatic heterocycles. The highest BCUT2D eigenvalue weighted by molar-refractivity contribution is 5.71. The van der Waals surface area contributed by atoms with E-state index in [-0.39, 0.29) is 5.54 Å². The van der Waals surface area contributed by atoms with Crippen LogP contribution in [0.1, 0.15) is 25.0 Å². The Kier molecular flexibility index (Phi) is 2.94. The molecule has 3 heteroatoms. The summed E-state index contributed by atoms with van der Waals surface area (Å²) in [5.41, 5.74) is 6.01. The quantitative estimate of drug-likeness (QED) is 0.684. The van der Waals surface area contributed by atoms with Crippen LogP contribution in [0.5, 0.6) is 0 Å². The first-order valence-electron chi connectivity index (χ1n) is 5.69. The lowest BCUT2D eigenvalue weighted by atomic mass is 9.86. The van der Waals surface area contributed by atoms with E-state index < -0.39 is 0 Å². The maximum Gasteiger partial charge on any atom is 0.0551 e. The predicted molar refractivity (Wildman–Crippen MR) is 69.4 cm³/mol. The minimum absolute atomic E-state index is 0.00984. The van der Waals surface area contributed by atoms with Gasteiger partial charge in [0, 0.05) is 16.8 Å². The molecule has 0 radical (unpaired) electrons. The smallest absolute Gasteiger partial charge is 0.0551 e. The van der Waals surface area contributed by atoms with Crippen molar-refractivity contribution < 1.29 is 5.21 Å². The third kappa shape index (κ3) is 2.50. The average molecular weight is 230 g/mol. The molecule has 0 aromatic heterocycles. The summed E-state index contributed by atoms with van der Waals surface area (Å²) in [7, 11) is 0. The van der Waals surface area contributed by atoms with Gasteiger partial charge in [-0.15, -0.1) is 0 Å². The van der Waals surface area contributed by atoms with E-state index in [0.29, 0.717) is 5.70 Å². The van der Waals surface area contributed by atoms with Gasteiger partial charge in [-0.25, -0.2) is 0 Å². The second kappa shape index (κ2) is 4.26. The van der Waals surface area contributed by atoms with Gasteiger partial charge in [0.25, 0.3) is 0 Å². The summed E-state index contributed by atoms with van der Waals surface area (Å²) in [5, 5.41) is 12.3. The third-order valence-electron chi connectivity index (χ3n) is 2.88. The zero-order valence-corrected chi connectivity index (χ0v) is 10.2. The predicted octanol–water partition coefficient (Wildman–Crippen LogP) is 2.44. The first-order chi connectivity index (χ1) is 8.02. The molecule has 17 heavy (non-hydrogen) atoms. The number of fused-ring (bicyclic) bond motifs is 1. The van der Waals surface area contributed by atoms with Gasteiger partial charge in [0.1, 0.15) is 0 Å². The van der Waals surface area contributed by atoms with Gasteiger partial charge in [-0.3, -0.25) is 10.7 Å². The van der Waals surface area contributed by atoms with E-state index in [4.69, 9.17) is 5.21 Å². The van der Waals surface area contributed by atoms with Crippen LogP contribution in [0.4, 0.5) is 0 Å². The molecule has 1 aromatic carbocycles. The molecule has 0 fully saturated rings. The summed E-state index contributed by atoms with van der Waals surface area (Å²) in [6.07, 6.45) is 2.80. The Morgan fingerprint density at radius 2 is 2.18 bits per heavy atom. The maximum absolute atomic E-state index is 8.82. The van der Waals surface area contributed by atoms with Crippen LogP contribution < -0.4 is 10.8 Å². The van der Waals surface area contributed by atoms with Crippen LogP contribution in [0.2, 0.25) is 0 Å². The fraction of sp³-hybridized carbons (Fsp3) is 0.286. The van der Waals surface area contributed by atoms with Gasteiger partial charge >= 0.3 is 0 Å². The molecule has 3 N–H and O–H groups in total. The lowest BCUT2D eigenvalue weighted by Gasteiger charge is -2.35. The van der Waals surface area contributed by atoms with E-state index in [1.54, 1.807) is 0 Å². The van der Waals surface area contributed by atoms with Crippen LogP contribution in [0.15, 0.2) is 42.6 Å². The second-order valence-corrected chi connectivity index (χ2v) is 5.04. The van der Waals surface area contributed by atoms with E-state index in [1.807, 2.05) is 12.1 Å². The van der Waals surface area contributed by atoms with Crippen LogP contribution in [0.3, 0.4) is 0 Å². The minimum Gasteiger partial charge on any atom is -0.379 e. The number of rotatable bonds is 2. The highest BCUT2D eigenvalue weighted by Gasteiger charge is 2.26. The van der Waals surface area contributed by atoms with E-state index in [1.165, 1.54) is 11.1 Å². The number of hydrogen-bond acceptors (Lipinski definition) is 3. The van der Waals surface area contributed by atoms with E-state index in [9.17, 15) is 0 Å². The molecule has 1 aliphatic rings. The van der Waals surface area contributed by atoms with Crippen molar-refractivity contribution in [3.05, 3.63) is 53.7 Å². The number of hydroxylamine groups is 1. The second-order valence-electron chi connectivity index (χ2n) is 5.04. The Balaban J connectivity index is 2.46. The molecule has 0 atom stereocenters. The molecule has 0 saturated carbocycles. The molecule has 0 spiro atoms. The van der Waals surface area contributed by atoms with Gasteiger partial charge in [-0.1, -0.05) is 30.8 Å². The van der Waals surface area contributed by atoms with Gasteiger partial charge in [0.15, 0.2) is 0 Å². The van der Waals surface area contributed by atoms with Crippen LogP contribution >= 0.6 is 0 Å².